The third kappa shape index (κ3) is 4.84. The van der Waals surface area contributed by atoms with Crippen LogP contribution in [0.15, 0.2) is 60.9 Å². The maximum absolute atomic E-state index is 13.2. The molecule has 1 N–H and O–H groups in total. The summed E-state index contributed by atoms with van der Waals surface area (Å²) in [4.78, 5) is 34.5. The van der Waals surface area contributed by atoms with E-state index in [2.05, 4.69) is 45.8 Å². The lowest BCUT2D eigenvalue weighted by atomic mass is 10.1. The fourth-order valence-electron chi connectivity index (χ4n) is 4.56. The van der Waals surface area contributed by atoms with Crippen molar-refractivity contribution >= 4 is 16.8 Å². The van der Waals surface area contributed by atoms with E-state index >= 15 is 0 Å². The van der Waals surface area contributed by atoms with Crippen LogP contribution in [0.5, 0.6) is 0 Å². The fraction of sp³-hybridized carbons (Fsp3) is 0.333. The highest BCUT2D eigenvalue weighted by atomic mass is 16.2. The minimum absolute atomic E-state index is 0.0785. The van der Waals surface area contributed by atoms with Crippen molar-refractivity contribution < 1.29 is 4.79 Å². The van der Waals surface area contributed by atoms with Gasteiger partial charge in [-0.1, -0.05) is 12.1 Å². The Hall–Kier alpha value is -3.58. The van der Waals surface area contributed by atoms with Crippen molar-refractivity contribution in [2.24, 2.45) is 0 Å². The molecule has 4 aromatic rings. The summed E-state index contributed by atoms with van der Waals surface area (Å²) >= 11 is 0. The third-order valence-corrected chi connectivity index (χ3v) is 6.46. The molecule has 0 unspecified atom stereocenters. The molecule has 0 bridgehead atoms. The molecule has 1 aromatic carbocycles. The SMILES string of the molecule is CC(C)N1CCCN(C(=O)c2cc3cc(Cc4nccc(-c5ccccn5)n4)ccc3[nH]2)CC1. The summed E-state index contributed by atoms with van der Waals surface area (Å²) in [5.41, 5.74) is 4.37. The van der Waals surface area contributed by atoms with E-state index in [1.165, 1.54) is 0 Å². The van der Waals surface area contributed by atoms with Gasteiger partial charge in [-0.2, -0.15) is 0 Å². The number of rotatable bonds is 5. The van der Waals surface area contributed by atoms with Crippen LogP contribution >= 0.6 is 0 Å². The maximum Gasteiger partial charge on any atom is 0.270 e. The van der Waals surface area contributed by atoms with E-state index in [0.29, 0.717) is 18.2 Å². The molecule has 7 heteroatoms. The Kier molecular flexibility index (Phi) is 6.36. The van der Waals surface area contributed by atoms with Crippen LogP contribution in [0.4, 0.5) is 0 Å². The van der Waals surface area contributed by atoms with Crippen LogP contribution < -0.4 is 0 Å². The van der Waals surface area contributed by atoms with Crippen molar-refractivity contribution in [1.29, 1.82) is 0 Å². The number of carbonyl (C=O) groups is 1. The van der Waals surface area contributed by atoms with Crippen molar-refractivity contribution in [2.45, 2.75) is 32.7 Å². The van der Waals surface area contributed by atoms with Gasteiger partial charge < -0.3 is 9.88 Å². The second kappa shape index (κ2) is 9.73. The Labute approximate surface area is 199 Å². The topological polar surface area (TPSA) is 78.0 Å². The number of nitrogens with zero attached hydrogens (tertiary/aromatic N) is 5. The molecule has 0 saturated carbocycles. The lowest BCUT2D eigenvalue weighted by molar-refractivity contribution is 0.0754. The van der Waals surface area contributed by atoms with Gasteiger partial charge in [0.25, 0.3) is 5.91 Å². The van der Waals surface area contributed by atoms with E-state index in [4.69, 9.17) is 4.98 Å². The Bertz CT molecular complexity index is 1280. The van der Waals surface area contributed by atoms with Crippen molar-refractivity contribution in [3.8, 4) is 11.4 Å². The second-order valence-electron chi connectivity index (χ2n) is 9.13. The standard InChI is InChI=1S/C27H30N6O/c1-19(2)32-12-5-13-33(15-14-32)27(34)25-18-21-16-20(7-8-22(21)30-25)17-26-29-11-9-24(31-26)23-6-3-4-10-28-23/h3-4,6-11,16,18-19,30H,5,12-15,17H2,1-2H3. The molecular weight excluding hydrogens is 424 g/mol. The highest BCUT2D eigenvalue weighted by Gasteiger charge is 2.22. The van der Waals surface area contributed by atoms with Crippen molar-refractivity contribution in [1.82, 2.24) is 29.7 Å². The first-order valence-electron chi connectivity index (χ1n) is 11.9. The van der Waals surface area contributed by atoms with Crippen LogP contribution in [0.1, 0.15) is 42.1 Å². The first kappa shape index (κ1) is 22.2. The van der Waals surface area contributed by atoms with Gasteiger partial charge in [-0.05, 0) is 62.2 Å². The van der Waals surface area contributed by atoms with Crippen molar-refractivity contribution in [3.63, 3.8) is 0 Å². The second-order valence-corrected chi connectivity index (χ2v) is 9.13. The molecule has 0 atom stereocenters. The molecule has 4 heterocycles. The molecule has 1 fully saturated rings. The fourth-order valence-corrected chi connectivity index (χ4v) is 4.56. The van der Waals surface area contributed by atoms with Crippen LogP contribution in [-0.4, -0.2) is 67.9 Å². The van der Waals surface area contributed by atoms with E-state index in [9.17, 15) is 4.79 Å². The van der Waals surface area contributed by atoms with Crippen LogP contribution in [0.25, 0.3) is 22.3 Å². The summed E-state index contributed by atoms with van der Waals surface area (Å²) in [6.07, 6.45) is 5.16. The molecule has 0 radical (unpaired) electrons. The minimum atomic E-state index is 0.0785. The van der Waals surface area contributed by atoms with Crippen LogP contribution in [0, 0.1) is 0 Å². The van der Waals surface area contributed by atoms with Gasteiger partial charge in [-0.25, -0.2) is 9.97 Å². The van der Waals surface area contributed by atoms with E-state index in [0.717, 1.165) is 66.3 Å². The lowest BCUT2D eigenvalue weighted by Gasteiger charge is -2.24. The van der Waals surface area contributed by atoms with Gasteiger partial charge >= 0.3 is 0 Å². The number of aromatic amines is 1. The number of pyridine rings is 1. The summed E-state index contributed by atoms with van der Waals surface area (Å²) in [5, 5.41) is 1.03. The lowest BCUT2D eigenvalue weighted by Crippen LogP contribution is -2.37. The van der Waals surface area contributed by atoms with Gasteiger partial charge in [-0.3, -0.25) is 14.7 Å². The number of aromatic nitrogens is 4. The molecule has 1 amide bonds. The summed E-state index contributed by atoms with van der Waals surface area (Å²) in [6.45, 7) is 7.96. The number of H-pyrrole nitrogens is 1. The predicted molar refractivity (Wildman–Crippen MR) is 134 cm³/mol. The number of nitrogens with one attached hydrogen (secondary N) is 1. The molecule has 5 rings (SSSR count). The Morgan fingerprint density at radius 2 is 1.88 bits per heavy atom. The number of benzene rings is 1. The van der Waals surface area contributed by atoms with Gasteiger partial charge in [0, 0.05) is 61.9 Å². The third-order valence-electron chi connectivity index (χ3n) is 6.46. The molecule has 1 aliphatic heterocycles. The summed E-state index contributed by atoms with van der Waals surface area (Å²) in [5.74, 6) is 0.823. The summed E-state index contributed by atoms with van der Waals surface area (Å²) < 4.78 is 0. The number of carbonyl (C=O) groups excluding carboxylic acids is 1. The van der Waals surface area contributed by atoms with Crippen LogP contribution in [0.2, 0.25) is 0 Å². The number of fused-ring (bicyclic) bond motifs is 1. The Balaban J connectivity index is 1.32. The first-order chi connectivity index (χ1) is 16.6. The zero-order valence-corrected chi connectivity index (χ0v) is 19.7. The van der Waals surface area contributed by atoms with Crippen molar-refractivity contribution in [2.75, 3.05) is 26.2 Å². The molecule has 3 aromatic heterocycles. The molecule has 1 aliphatic rings. The smallest absolute Gasteiger partial charge is 0.270 e. The summed E-state index contributed by atoms with van der Waals surface area (Å²) in [6, 6.07) is 16.4. The molecule has 1 saturated heterocycles. The zero-order chi connectivity index (χ0) is 23.5. The predicted octanol–water partition coefficient (Wildman–Crippen LogP) is 4.17. The van der Waals surface area contributed by atoms with E-state index in [1.807, 2.05) is 41.3 Å². The summed E-state index contributed by atoms with van der Waals surface area (Å²) in [7, 11) is 0. The normalized spacial score (nSPS) is 15.1. The van der Waals surface area contributed by atoms with Gasteiger partial charge in [-0.15, -0.1) is 0 Å². The maximum atomic E-state index is 13.2. The van der Waals surface area contributed by atoms with Gasteiger partial charge in [0.1, 0.15) is 11.5 Å². The Morgan fingerprint density at radius 3 is 2.71 bits per heavy atom. The van der Waals surface area contributed by atoms with E-state index in [1.54, 1.807) is 12.4 Å². The van der Waals surface area contributed by atoms with E-state index < -0.39 is 0 Å². The van der Waals surface area contributed by atoms with Gasteiger partial charge in [0.15, 0.2) is 0 Å². The first-order valence-corrected chi connectivity index (χ1v) is 11.9. The van der Waals surface area contributed by atoms with Crippen LogP contribution in [-0.2, 0) is 6.42 Å². The van der Waals surface area contributed by atoms with Crippen LogP contribution in [0.3, 0.4) is 0 Å². The largest absolute Gasteiger partial charge is 0.351 e. The number of amides is 1. The molecule has 0 aliphatic carbocycles. The number of hydrogen-bond acceptors (Lipinski definition) is 5. The average Bonchev–Trinajstić information content (AvgIpc) is 3.11. The van der Waals surface area contributed by atoms with Crippen molar-refractivity contribution in [3.05, 3.63) is 78.0 Å². The molecule has 174 valence electrons. The monoisotopic (exact) mass is 454 g/mol. The Morgan fingerprint density at radius 1 is 0.971 bits per heavy atom. The molecule has 34 heavy (non-hydrogen) atoms. The minimum Gasteiger partial charge on any atom is -0.351 e. The molecular formula is C27H30N6O. The van der Waals surface area contributed by atoms with Gasteiger partial charge in [0.05, 0.1) is 11.4 Å². The highest BCUT2D eigenvalue weighted by Crippen LogP contribution is 2.21. The van der Waals surface area contributed by atoms with E-state index in [-0.39, 0.29) is 5.91 Å². The molecule has 7 nitrogen and oxygen atoms in total. The molecule has 0 spiro atoms. The number of hydrogen-bond donors (Lipinski definition) is 1. The highest BCUT2D eigenvalue weighted by molar-refractivity contribution is 5.98. The van der Waals surface area contributed by atoms with Gasteiger partial charge in [0.2, 0.25) is 0 Å². The zero-order valence-electron chi connectivity index (χ0n) is 19.7. The quantitative estimate of drug-likeness (QED) is 0.490. The average molecular weight is 455 g/mol.